The summed E-state index contributed by atoms with van der Waals surface area (Å²) in [5.74, 6) is 0. The molecule has 0 aromatic heterocycles. The summed E-state index contributed by atoms with van der Waals surface area (Å²) in [6.45, 7) is 11.7. The molecule has 17 heavy (non-hydrogen) atoms. The molecule has 2 nitrogen and oxygen atoms in total. The van der Waals surface area contributed by atoms with Crippen LogP contribution in [-0.4, -0.2) is 30.1 Å². The summed E-state index contributed by atoms with van der Waals surface area (Å²) in [5.41, 5.74) is 6.65. The van der Waals surface area contributed by atoms with Crippen LogP contribution in [0.1, 0.15) is 66.2 Å². The van der Waals surface area contributed by atoms with Crippen molar-refractivity contribution in [3.8, 4) is 0 Å². The summed E-state index contributed by atoms with van der Waals surface area (Å²) in [7, 11) is 0. The zero-order valence-electron chi connectivity index (χ0n) is 12.3. The third kappa shape index (κ3) is 4.26. The van der Waals surface area contributed by atoms with Gasteiger partial charge in [0.05, 0.1) is 0 Å². The van der Waals surface area contributed by atoms with E-state index in [0.717, 1.165) is 0 Å². The van der Waals surface area contributed by atoms with Gasteiger partial charge in [0.15, 0.2) is 0 Å². The van der Waals surface area contributed by atoms with Gasteiger partial charge in [-0.2, -0.15) is 0 Å². The fraction of sp³-hybridized carbons (Fsp3) is 1.00. The molecule has 0 amide bonds. The Hall–Kier alpha value is -0.0800. The van der Waals surface area contributed by atoms with Crippen molar-refractivity contribution in [3.05, 3.63) is 0 Å². The van der Waals surface area contributed by atoms with Crippen molar-refractivity contribution in [2.75, 3.05) is 13.1 Å². The van der Waals surface area contributed by atoms with Gasteiger partial charge in [-0.1, -0.05) is 33.1 Å². The summed E-state index contributed by atoms with van der Waals surface area (Å²) < 4.78 is 0. The highest BCUT2D eigenvalue weighted by Crippen LogP contribution is 2.37. The van der Waals surface area contributed by atoms with Crippen molar-refractivity contribution < 1.29 is 0 Å². The molecule has 0 aliphatic heterocycles. The molecule has 1 rings (SSSR count). The highest BCUT2D eigenvalue weighted by atomic mass is 15.2. The summed E-state index contributed by atoms with van der Waals surface area (Å²) in [6.07, 6.45) is 7.84. The van der Waals surface area contributed by atoms with E-state index in [1.54, 1.807) is 0 Å². The number of nitrogens with zero attached hydrogens (tertiary/aromatic N) is 1. The first-order chi connectivity index (χ1) is 7.99. The van der Waals surface area contributed by atoms with Gasteiger partial charge in [0.1, 0.15) is 0 Å². The van der Waals surface area contributed by atoms with E-state index < -0.39 is 0 Å². The highest BCUT2D eigenvalue weighted by molar-refractivity contribution is 4.93. The van der Waals surface area contributed by atoms with Gasteiger partial charge in [0.25, 0.3) is 0 Å². The van der Waals surface area contributed by atoms with E-state index in [-0.39, 0.29) is 0 Å². The topological polar surface area (TPSA) is 29.3 Å². The van der Waals surface area contributed by atoms with Crippen LogP contribution in [-0.2, 0) is 0 Å². The van der Waals surface area contributed by atoms with Crippen molar-refractivity contribution in [3.63, 3.8) is 0 Å². The molecule has 0 bridgehead atoms. The van der Waals surface area contributed by atoms with Crippen molar-refractivity contribution in [2.45, 2.75) is 78.3 Å². The quantitative estimate of drug-likeness (QED) is 0.691. The van der Waals surface area contributed by atoms with Crippen LogP contribution in [0.25, 0.3) is 0 Å². The predicted octanol–water partition coefficient (Wildman–Crippen LogP) is 3.40. The normalized spacial score (nSPS) is 29.5. The van der Waals surface area contributed by atoms with Gasteiger partial charge >= 0.3 is 0 Å². The lowest BCUT2D eigenvalue weighted by Crippen LogP contribution is -2.46. The van der Waals surface area contributed by atoms with Crippen LogP contribution in [0.3, 0.4) is 0 Å². The van der Waals surface area contributed by atoms with Crippen LogP contribution in [0, 0.1) is 5.41 Å². The molecule has 0 radical (unpaired) electrons. The number of hydrogen-bond donors (Lipinski definition) is 1. The highest BCUT2D eigenvalue weighted by Gasteiger charge is 2.37. The average Bonchev–Trinajstić information content (AvgIpc) is 2.58. The second-order valence-electron chi connectivity index (χ2n) is 6.42. The summed E-state index contributed by atoms with van der Waals surface area (Å²) in [5, 5.41) is 0. The maximum atomic E-state index is 6.29. The first kappa shape index (κ1) is 15.0. The molecule has 0 saturated heterocycles. The molecule has 1 fully saturated rings. The summed E-state index contributed by atoms with van der Waals surface area (Å²) >= 11 is 0. The minimum Gasteiger partial charge on any atom is -0.327 e. The van der Waals surface area contributed by atoms with Gasteiger partial charge < -0.3 is 10.6 Å². The molecule has 2 atom stereocenters. The third-order valence-corrected chi connectivity index (χ3v) is 4.50. The predicted molar refractivity (Wildman–Crippen MR) is 76.2 cm³/mol. The van der Waals surface area contributed by atoms with Gasteiger partial charge in [0.2, 0.25) is 0 Å². The lowest BCUT2D eigenvalue weighted by atomic mass is 9.84. The minimum absolute atomic E-state index is 0.358. The zero-order chi connectivity index (χ0) is 12.9. The zero-order valence-corrected chi connectivity index (χ0v) is 12.3. The molecule has 1 aliphatic rings. The van der Waals surface area contributed by atoms with E-state index in [1.807, 2.05) is 0 Å². The SMILES string of the molecule is CCCCCN(CC1(C)CCCC1N)C(C)C. The van der Waals surface area contributed by atoms with Gasteiger partial charge in [-0.05, 0) is 45.1 Å². The first-order valence-electron chi connectivity index (χ1n) is 7.49. The van der Waals surface area contributed by atoms with E-state index in [4.69, 9.17) is 5.73 Å². The molecule has 2 heteroatoms. The number of hydrogen-bond acceptors (Lipinski definition) is 2. The Kier molecular flexibility index (Phi) is 5.94. The molecule has 102 valence electrons. The smallest absolute Gasteiger partial charge is 0.0105 e. The van der Waals surface area contributed by atoms with Crippen molar-refractivity contribution >= 4 is 0 Å². The fourth-order valence-electron chi connectivity index (χ4n) is 3.00. The van der Waals surface area contributed by atoms with E-state index in [0.29, 0.717) is 17.5 Å². The Labute approximate surface area is 108 Å². The maximum absolute atomic E-state index is 6.29. The Bertz CT molecular complexity index is 215. The summed E-state index contributed by atoms with van der Waals surface area (Å²) in [6, 6.07) is 1.06. The average molecular weight is 240 g/mol. The second kappa shape index (κ2) is 6.75. The van der Waals surface area contributed by atoms with Crippen molar-refractivity contribution in [1.29, 1.82) is 0 Å². The fourth-order valence-corrected chi connectivity index (χ4v) is 3.00. The van der Waals surface area contributed by atoms with Crippen LogP contribution >= 0.6 is 0 Å². The Morgan fingerprint density at radius 2 is 2.06 bits per heavy atom. The molecule has 0 heterocycles. The standard InChI is InChI=1S/C15H32N2/c1-5-6-7-11-17(13(2)3)12-15(4)10-8-9-14(15)16/h13-14H,5-12,16H2,1-4H3. The van der Waals surface area contributed by atoms with Crippen LogP contribution in [0.4, 0.5) is 0 Å². The molecule has 2 N–H and O–H groups in total. The maximum Gasteiger partial charge on any atom is 0.0105 e. The van der Waals surface area contributed by atoms with E-state index in [2.05, 4.69) is 32.6 Å². The van der Waals surface area contributed by atoms with E-state index >= 15 is 0 Å². The third-order valence-electron chi connectivity index (χ3n) is 4.50. The molecule has 0 aromatic rings. The van der Waals surface area contributed by atoms with Gasteiger partial charge in [-0.25, -0.2) is 0 Å². The summed E-state index contributed by atoms with van der Waals surface area (Å²) in [4.78, 5) is 2.64. The molecule has 0 spiro atoms. The minimum atomic E-state index is 0.358. The monoisotopic (exact) mass is 240 g/mol. The van der Waals surface area contributed by atoms with E-state index in [1.165, 1.54) is 51.6 Å². The van der Waals surface area contributed by atoms with Crippen molar-refractivity contribution in [2.24, 2.45) is 11.1 Å². The van der Waals surface area contributed by atoms with Crippen LogP contribution < -0.4 is 5.73 Å². The Morgan fingerprint density at radius 1 is 1.35 bits per heavy atom. The second-order valence-corrected chi connectivity index (χ2v) is 6.42. The van der Waals surface area contributed by atoms with Gasteiger partial charge in [-0.15, -0.1) is 0 Å². The molecule has 2 unspecified atom stereocenters. The number of nitrogens with two attached hydrogens (primary N) is 1. The number of rotatable bonds is 7. The molecular weight excluding hydrogens is 208 g/mol. The molecule has 1 saturated carbocycles. The Balaban J connectivity index is 2.48. The lowest BCUT2D eigenvalue weighted by molar-refractivity contribution is 0.122. The molecule has 0 aromatic carbocycles. The van der Waals surface area contributed by atoms with Crippen LogP contribution in [0.15, 0.2) is 0 Å². The first-order valence-corrected chi connectivity index (χ1v) is 7.49. The van der Waals surface area contributed by atoms with Gasteiger partial charge in [-0.3, -0.25) is 0 Å². The van der Waals surface area contributed by atoms with Crippen LogP contribution in [0.5, 0.6) is 0 Å². The lowest BCUT2D eigenvalue weighted by Gasteiger charge is -2.37. The Morgan fingerprint density at radius 3 is 2.53 bits per heavy atom. The van der Waals surface area contributed by atoms with Gasteiger partial charge in [0, 0.05) is 18.6 Å². The largest absolute Gasteiger partial charge is 0.327 e. The van der Waals surface area contributed by atoms with Crippen molar-refractivity contribution in [1.82, 2.24) is 4.90 Å². The molecule has 1 aliphatic carbocycles. The molecular formula is C15H32N2. The number of unbranched alkanes of at least 4 members (excludes halogenated alkanes) is 2. The van der Waals surface area contributed by atoms with E-state index in [9.17, 15) is 0 Å². The van der Waals surface area contributed by atoms with Crippen LogP contribution in [0.2, 0.25) is 0 Å².